The molecule has 38 heavy (non-hydrogen) atoms. The smallest absolute Gasteiger partial charge is 0.331 e. The molecule has 208 valence electrons. The number of carbonyl (C=O) groups excluding carboxylic acids is 2. The second-order valence-electron chi connectivity index (χ2n) is 11.3. The van der Waals surface area contributed by atoms with Gasteiger partial charge >= 0.3 is 6.18 Å². The molecule has 0 aliphatic heterocycles. The lowest BCUT2D eigenvalue weighted by Gasteiger charge is -2.44. The van der Waals surface area contributed by atoms with Crippen LogP contribution in [-0.2, 0) is 6.18 Å². The lowest BCUT2D eigenvalue weighted by atomic mass is 9.64. The lowest BCUT2D eigenvalue weighted by Crippen LogP contribution is -2.45. The van der Waals surface area contributed by atoms with E-state index in [0.717, 1.165) is 23.7 Å². The molecule has 6 nitrogen and oxygen atoms in total. The highest BCUT2D eigenvalue weighted by molar-refractivity contribution is 6.39. The Hall–Kier alpha value is -1.84. The van der Waals surface area contributed by atoms with E-state index in [-0.39, 0.29) is 44.8 Å². The van der Waals surface area contributed by atoms with E-state index < -0.39 is 41.7 Å². The molecule has 0 radical (unpaired) electrons. The highest BCUT2D eigenvalue weighted by Gasteiger charge is 2.44. The maximum Gasteiger partial charge on any atom is 0.433 e. The van der Waals surface area contributed by atoms with Gasteiger partial charge in [-0.25, -0.2) is 0 Å². The van der Waals surface area contributed by atoms with Crippen LogP contribution in [0.5, 0.6) is 0 Å². The van der Waals surface area contributed by atoms with Gasteiger partial charge in [0.25, 0.3) is 5.91 Å². The third-order valence-corrected chi connectivity index (χ3v) is 8.81. The summed E-state index contributed by atoms with van der Waals surface area (Å²) in [5, 5.41) is 3.94. The number of hydrogen-bond donors (Lipinski definition) is 0. The maximum absolute atomic E-state index is 14.4. The van der Waals surface area contributed by atoms with Gasteiger partial charge in [-0.2, -0.15) is 18.3 Å². The normalized spacial score (nSPS) is 23.7. The van der Waals surface area contributed by atoms with Gasteiger partial charge in [-0.15, -0.1) is 11.6 Å². The average molecular weight is 594 g/mol. The molecule has 2 aromatic rings. The number of alkyl halides is 4. The van der Waals surface area contributed by atoms with Crippen LogP contribution >= 0.6 is 34.8 Å². The number of nitrogens with zero attached hydrogens (tertiary/aromatic N) is 4. The number of aromatic nitrogens is 3. The van der Waals surface area contributed by atoms with Gasteiger partial charge in [0.05, 0.1) is 40.0 Å². The highest BCUT2D eigenvalue weighted by atomic mass is 35.5. The Morgan fingerprint density at radius 1 is 1.13 bits per heavy atom. The monoisotopic (exact) mass is 592 g/mol. The highest BCUT2D eigenvalue weighted by Crippen LogP contribution is 2.45. The van der Waals surface area contributed by atoms with E-state index in [2.05, 4.69) is 23.9 Å². The molecule has 0 aromatic carbocycles. The number of ketones is 1. The fourth-order valence-electron chi connectivity index (χ4n) is 5.89. The minimum atomic E-state index is -4.82. The van der Waals surface area contributed by atoms with Gasteiger partial charge in [-0.1, -0.05) is 44.0 Å². The summed E-state index contributed by atoms with van der Waals surface area (Å²) >= 11 is 18.6. The first kappa shape index (κ1) is 29.2. The van der Waals surface area contributed by atoms with Crippen molar-refractivity contribution < 1.29 is 22.8 Å². The van der Waals surface area contributed by atoms with E-state index in [1.54, 1.807) is 0 Å². The minimum Gasteiger partial charge on any atom is -0.331 e. The first-order chi connectivity index (χ1) is 17.7. The molecule has 3 atom stereocenters. The van der Waals surface area contributed by atoms with Crippen LogP contribution < -0.4 is 0 Å². The van der Waals surface area contributed by atoms with Crippen LogP contribution in [0.1, 0.15) is 85.3 Å². The van der Waals surface area contributed by atoms with Crippen LogP contribution in [0.25, 0.3) is 0 Å². The summed E-state index contributed by atoms with van der Waals surface area (Å²) in [5.41, 5.74) is -1.62. The van der Waals surface area contributed by atoms with Crippen molar-refractivity contribution in [1.29, 1.82) is 0 Å². The number of carbonyl (C=O) groups is 2. The molecule has 12 heteroatoms. The maximum atomic E-state index is 14.4. The van der Waals surface area contributed by atoms with Gasteiger partial charge in [0.2, 0.25) is 0 Å². The Morgan fingerprint density at radius 2 is 1.76 bits per heavy atom. The van der Waals surface area contributed by atoms with E-state index >= 15 is 0 Å². The molecule has 2 aliphatic rings. The standard InChI is InChI=1S/C26H30Cl3F3N4O2/c1-14-6-16(4-5-18(14)27)36-23(26(30,31)32)17(9-34-36)24(38)35(12-15-7-25(2,3)8-15)13-21(37)22-19(28)10-33-11-20(22)29/h9-11,14-16,18H,4-8,12-13H2,1-3H3. The molecular weight excluding hydrogens is 564 g/mol. The predicted molar refractivity (Wildman–Crippen MR) is 140 cm³/mol. The van der Waals surface area contributed by atoms with Gasteiger partial charge in [0, 0.05) is 24.3 Å². The third kappa shape index (κ3) is 6.15. The SMILES string of the molecule is CC1CC(n2ncc(C(=O)N(CC(=O)c3c(Cl)cncc3Cl)CC3CC(C)(C)C3)c2C(F)(F)F)CCC1Cl. The van der Waals surface area contributed by atoms with E-state index in [1.165, 1.54) is 17.3 Å². The summed E-state index contributed by atoms with van der Waals surface area (Å²) in [6.45, 7) is 5.72. The molecule has 3 unspecified atom stereocenters. The third-order valence-electron chi connectivity index (χ3n) is 7.59. The molecule has 0 spiro atoms. The van der Waals surface area contributed by atoms with Crippen molar-refractivity contribution in [3.05, 3.63) is 45.5 Å². The molecule has 1 amide bonds. The summed E-state index contributed by atoms with van der Waals surface area (Å²) in [6.07, 6.45) is 1.62. The number of hydrogen-bond acceptors (Lipinski definition) is 4. The molecule has 2 saturated carbocycles. The first-order valence-corrected chi connectivity index (χ1v) is 13.8. The number of halogens is 6. The summed E-state index contributed by atoms with van der Waals surface area (Å²) < 4.78 is 44.1. The van der Waals surface area contributed by atoms with Gasteiger partial charge in [0.1, 0.15) is 0 Å². The van der Waals surface area contributed by atoms with Crippen molar-refractivity contribution in [3.63, 3.8) is 0 Å². The molecule has 2 aliphatic carbocycles. The molecule has 2 heterocycles. The molecule has 0 N–H and O–H groups in total. The average Bonchev–Trinajstić information content (AvgIpc) is 3.24. The van der Waals surface area contributed by atoms with Crippen molar-refractivity contribution in [2.75, 3.05) is 13.1 Å². The van der Waals surface area contributed by atoms with Crippen LogP contribution in [-0.4, -0.2) is 49.8 Å². The van der Waals surface area contributed by atoms with Gasteiger partial charge in [-0.05, 0) is 49.4 Å². The van der Waals surface area contributed by atoms with E-state index in [0.29, 0.717) is 19.3 Å². The van der Waals surface area contributed by atoms with Gasteiger partial charge in [0.15, 0.2) is 11.5 Å². The summed E-state index contributed by atoms with van der Waals surface area (Å²) in [5.74, 6) is -1.42. The summed E-state index contributed by atoms with van der Waals surface area (Å²) in [6, 6.07) is -0.532. The minimum absolute atomic E-state index is 0.00537. The molecular formula is C26H30Cl3F3N4O2. The molecule has 2 aromatic heterocycles. The van der Waals surface area contributed by atoms with Gasteiger partial charge in [-0.3, -0.25) is 19.3 Å². The van der Waals surface area contributed by atoms with Crippen LogP contribution in [0.15, 0.2) is 18.6 Å². The van der Waals surface area contributed by atoms with Gasteiger partial charge < -0.3 is 4.90 Å². The predicted octanol–water partition coefficient (Wildman–Crippen LogP) is 7.33. The molecule has 2 fully saturated rings. The van der Waals surface area contributed by atoms with Crippen LogP contribution in [0.2, 0.25) is 10.0 Å². The van der Waals surface area contributed by atoms with E-state index in [4.69, 9.17) is 34.8 Å². The number of pyridine rings is 1. The van der Waals surface area contributed by atoms with Crippen LogP contribution in [0.4, 0.5) is 13.2 Å². The largest absolute Gasteiger partial charge is 0.433 e. The van der Waals surface area contributed by atoms with E-state index in [9.17, 15) is 22.8 Å². The second kappa shape index (κ2) is 11.0. The Balaban J connectivity index is 1.67. The Bertz CT molecular complexity index is 1190. The first-order valence-electron chi connectivity index (χ1n) is 12.6. The van der Waals surface area contributed by atoms with Crippen molar-refractivity contribution in [3.8, 4) is 0 Å². The fourth-order valence-corrected chi connectivity index (χ4v) is 6.70. The van der Waals surface area contributed by atoms with Crippen molar-refractivity contribution >= 4 is 46.5 Å². The van der Waals surface area contributed by atoms with Crippen molar-refractivity contribution in [1.82, 2.24) is 19.7 Å². The Morgan fingerprint density at radius 3 is 2.32 bits per heavy atom. The van der Waals surface area contributed by atoms with Crippen molar-refractivity contribution in [2.45, 2.75) is 70.5 Å². The quantitative estimate of drug-likeness (QED) is 0.249. The lowest BCUT2D eigenvalue weighted by molar-refractivity contribution is -0.145. The zero-order valence-corrected chi connectivity index (χ0v) is 23.6. The fraction of sp³-hybridized carbons (Fsp3) is 0.615. The van der Waals surface area contributed by atoms with Crippen LogP contribution in [0.3, 0.4) is 0 Å². The van der Waals surface area contributed by atoms with Crippen molar-refractivity contribution in [2.24, 2.45) is 17.3 Å². The second-order valence-corrected chi connectivity index (χ2v) is 12.7. The Kier molecular flexibility index (Phi) is 8.41. The van der Waals surface area contributed by atoms with E-state index in [1.807, 2.05) is 6.92 Å². The van der Waals surface area contributed by atoms with Crippen LogP contribution in [0, 0.1) is 17.3 Å². The molecule has 0 bridgehead atoms. The zero-order chi connectivity index (χ0) is 28.0. The topological polar surface area (TPSA) is 68.1 Å². The summed E-state index contributed by atoms with van der Waals surface area (Å²) in [7, 11) is 0. The number of rotatable bonds is 7. The summed E-state index contributed by atoms with van der Waals surface area (Å²) in [4.78, 5) is 31.9. The number of Topliss-reactive ketones (excluding diaryl/α,β-unsaturated/α-hetero) is 1. The molecule has 0 saturated heterocycles. The molecule has 4 rings (SSSR count). The Labute approximate surface area is 234 Å². The zero-order valence-electron chi connectivity index (χ0n) is 21.4. The number of amides is 1.